The minimum atomic E-state index is 0.126. The van der Waals surface area contributed by atoms with Crippen LogP contribution in [0.5, 0.6) is 0 Å². The molecule has 116 valence electrons. The number of hydrogen-bond donors (Lipinski definition) is 2. The van der Waals surface area contributed by atoms with Crippen LogP contribution in [0.25, 0.3) is 0 Å². The van der Waals surface area contributed by atoms with Crippen LogP contribution >= 0.6 is 0 Å². The average molecular weight is 305 g/mol. The van der Waals surface area contributed by atoms with Gasteiger partial charge in [-0.15, -0.1) is 5.10 Å². The van der Waals surface area contributed by atoms with Gasteiger partial charge in [0.1, 0.15) is 0 Å². The van der Waals surface area contributed by atoms with E-state index in [4.69, 9.17) is 5.73 Å². The van der Waals surface area contributed by atoms with Crippen LogP contribution in [-0.2, 0) is 0 Å². The molecule has 2 atom stereocenters. The predicted octanol–water partition coefficient (Wildman–Crippen LogP) is 3.32. The first-order valence-electron chi connectivity index (χ1n) is 7.81. The molecule has 3 aromatic rings. The highest BCUT2D eigenvalue weighted by Gasteiger charge is 2.30. The molecule has 1 aliphatic rings. The Kier molecular flexibility index (Phi) is 3.26. The Hall–Kier alpha value is -2.82. The molecule has 0 spiro atoms. The number of fused-ring (bicyclic) bond motifs is 1. The van der Waals surface area contributed by atoms with Crippen molar-refractivity contribution in [1.82, 2.24) is 14.8 Å². The van der Waals surface area contributed by atoms with Crippen LogP contribution in [0.15, 0.2) is 54.6 Å². The van der Waals surface area contributed by atoms with Crippen molar-refractivity contribution in [3.63, 3.8) is 0 Å². The first kappa shape index (κ1) is 13.8. The lowest BCUT2D eigenvalue weighted by Crippen LogP contribution is -2.28. The molecule has 0 bridgehead atoms. The third-order valence-corrected chi connectivity index (χ3v) is 4.33. The summed E-state index contributed by atoms with van der Waals surface area (Å²) in [5.41, 5.74) is 9.56. The number of hydrogen-bond acceptors (Lipinski definition) is 4. The molecule has 2 aromatic carbocycles. The van der Waals surface area contributed by atoms with Crippen molar-refractivity contribution >= 4 is 11.9 Å². The van der Waals surface area contributed by atoms with Gasteiger partial charge >= 0.3 is 0 Å². The summed E-state index contributed by atoms with van der Waals surface area (Å²) in [7, 11) is 0. The Labute approximate surface area is 135 Å². The fraction of sp³-hybridized carbons (Fsp3) is 0.222. The predicted molar refractivity (Wildman–Crippen MR) is 91.2 cm³/mol. The van der Waals surface area contributed by atoms with Crippen molar-refractivity contribution in [3.8, 4) is 0 Å². The maximum absolute atomic E-state index is 5.83. The third kappa shape index (κ3) is 2.54. The monoisotopic (exact) mass is 305 g/mol. The van der Waals surface area contributed by atoms with Gasteiger partial charge in [-0.2, -0.15) is 4.98 Å². The molecule has 1 aliphatic heterocycles. The van der Waals surface area contributed by atoms with Gasteiger partial charge in [0.2, 0.25) is 11.9 Å². The lowest BCUT2D eigenvalue weighted by molar-refractivity contribution is 0.431. The molecule has 5 heteroatoms. The van der Waals surface area contributed by atoms with Gasteiger partial charge in [0.25, 0.3) is 0 Å². The van der Waals surface area contributed by atoms with Gasteiger partial charge in [0.15, 0.2) is 0 Å². The van der Waals surface area contributed by atoms with Crippen LogP contribution in [0, 0.1) is 6.92 Å². The first-order valence-corrected chi connectivity index (χ1v) is 7.81. The number of benzene rings is 2. The Morgan fingerprint density at radius 1 is 1.09 bits per heavy atom. The lowest BCUT2D eigenvalue weighted by atomic mass is 9.93. The van der Waals surface area contributed by atoms with E-state index in [1.54, 1.807) is 0 Å². The third-order valence-electron chi connectivity index (χ3n) is 4.33. The van der Waals surface area contributed by atoms with Crippen molar-refractivity contribution in [1.29, 1.82) is 0 Å². The van der Waals surface area contributed by atoms with Gasteiger partial charge in [-0.25, -0.2) is 4.68 Å². The van der Waals surface area contributed by atoms with Crippen LogP contribution in [0.4, 0.5) is 11.9 Å². The van der Waals surface area contributed by atoms with Crippen LogP contribution in [0.2, 0.25) is 0 Å². The standard InChI is InChI=1S/C18H19N5/c1-12-6-5-9-14(10-12)16-11-15(13-7-3-2-4-8-13)20-18-21-17(19)22-23(16)18/h2-10,15-16H,11H2,1H3,(H3,19,20,21,22)/t15-,16-/m1/s1. The molecule has 0 unspecified atom stereocenters. The Balaban J connectivity index is 1.78. The minimum absolute atomic E-state index is 0.126. The quantitative estimate of drug-likeness (QED) is 0.762. The van der Waals surface area contributed by atoms with Gasteiger partial charge in [0, 0.05) is 0 Å². The zero-order valence-electron chi connectivity index (χ0n) is 13.0. The smallest absolute Gasteiger partial charge is 0.241 e. The second-order valence-electron chi connectivity index (χ2n) is 6.01. The molecule has 5 nitrogen and oxygen atoms in total. The van der Waals surface area contributed by atoms with E-state index in [2.05, 4.69) is 70.9 Å². The molecule has 3 N–H and O–H groups in total. The SMILES string of the molecule is Cc1cccc([C@H]2C[C@H](c3ccccc3)Nc3nc(N)nn32)c1. The van der Waals surface area contributed by atoms with E-state index in [0.717, 1.165) is 12.4 Å². The highest BCUT2D eigenvalue weighted by molar-refractivity contribution is 5.42. The Morgan fingerprint density at radius 3 is 2.65 bits per heavy atom. The number of nitrogens with zero attached hydrogens (tertiary/aromatic N) is 3. The maximum atomic E-state index is 5.83. The van der Waals surface area contributed by atoms with Crippen LogP contribution in [-0.4, -0.2) is 14.8 Å². The van der Waals surface area contributed by atoms with Gasteiger partial charge in [-0.05, 0) is 24.5 Å². The average Bonchev–Trinajstić information content (AvgIpc) is 2.95. The minimum Gasteiger partial charge on any atom is -0.366 e. The van der Waals surface area contributed by atoms with Crippen LogP contribution < -0.4 is 11.1 Å². The van der Waals surface area contributed by atoms with Gasteiger partial charge in [-0.1, -0.05) is 60.2 Å². The summed E-state index contributed by atoms with van der Waals surface area (Å²) in [4.78, 5) is 4.34. The van der Waals surface area contributed by atoms with Crippen molar-refractivity contribution < 1.29 is 0 Å². The molecule has 0 fully saturated rings. The van der Waals surface area contributed by atoms with E-state index in [0.29, 0.717) is 5.95 Å². The second-order valence-corrected chi connectivity index (χ2v) is 6.01. The zero-order valence-corrected chi connectivity index (χ0v) is 13.0. The van der Waals surface area contributed by atoms with Gasteiger partial charge in [0.05, 0.1) is 12.1 Å². The molecular weight excluding hydrogens is 286 g/mol. The summed E-state index contributed by atoms with van der Waals surface area (Å²) in [6.07, 6.45) is 0.906. The maximum Gasteiger partial charge on any atom is 0.241 e. The fourth-order valence-corrected chi connectivity index (χ4v) is 3.25. The van der Waals surface area contributed by atoms with Crippen molar-refractivity contribution in [2.45, 2.75) is 25.4 Å². The molecule has 0 aliphatic carbocycles. The molecule has 0 saturated heterocycles. The molecule has 23 heavy (non-hydrogen) atoms. The molecule has 4 rings (SSSR count). The zero-order chi connectivity index (χ0) is 15.8. The first-order chi connectivity index (χ1) is 11.2. The summed E-state index contributed by atoms with van der Waals surface area (Å²) < 4.78 is 1.91. The number of aromatic nitrogens is 3. The normalized spacial score (nSPS) is 19.9. The Morgan fingerprint density at radius 2 is 1.87 bits per heavy atom. The summed E-state index contributed by atoms with van der Waals surface area (Å²) in [5, 5.41) is 7.85. The molecule has 0 radical (unpaired) electrons. The van der Waals surface area contributed by atoms with Crippen molar-refractivity contribution in [2.75, 3.05) is 11.1 Å². The van der Waals surface area contributed by atoms with E-state index in [9.17, 15) is 0 Å². The lowest BCUT2D eigenvalue weighted by Gasteiger charge is -2.31. The number of aryl methyl sites for hydroxylation is 1. The highest BCUT2D eigenvalue weighted by atomic mass is 15.4. The van der Waals surface area contributed by atoms with E-state index < -0.39 is 0 Å². The van der Waals surface area contributed by atoms with Crippen molar-refractivity contribution in [3.05, 3.63) is 71.3 Å². The molecule has 0 saturated carbocycles. The highest BCUT2D eigenvalue weighted by Crippen LogP contribution is 2.37. The van der Waals surface area contributed by atoms with Crippen LogP contribution in [0.3, 0.4) is 0 Å². The van der Waals surface area contributed by atoms with E-state index >= 15 is 0 Å². The number of nitrogens with one attached hydrogen (secondary N) is 1. The summed E-state index contributed by atoms with van der Waals surface area (Å²) >= 11 is 0. The van der Waals surface area contributed by atoms with E-state index in [1.165, 1.54) is 16.7 Å². The molecule has 1 aromatic heterocycles. The van der Waals surface area contributed by atoms with E-state index in [1.807, 2.05) is 10.7 Å². The molecular formula is C18H19N5. The number of anilines is 2. The number of nitrogens with two attached hydrogens (primary N) is 1. The topological polar surface area (TPSA) is 68.8 Å². The second kappa shape index (κ2) is 5.43. The summed E-state index contributed by atoms with van der Waals surface area (Å²) in [6.45, 7) is 2.11. The largest absolute Gasteiger partial charge is 0.366 e. The fourth-order valence-electron chi connectivity index (χ4n) is 3.25. The summed E-state index contributed by atoms with van der Waals surface area (Å²) in [6, 6.07) is 19.3. The van der Waals surface area contributed by atoms with E-state index in [-0.39, 0.29) is 12.1 Å². The van der Waals surface area contributed by atoms with Crippen LogP contribution in [0.1, 0.15) is 35.2 Å². The Bertz CT molecular complexity index is 824. The van der Waals surface area contributed by atoms with Gasteiger partial charge < -0.3 is 11.1 Å². The summed E-state index contributed by atoms with van der Waals surface area (Å²) in [5.74, 6) is 1.04. The number of rotatable bonds is 2. The van der Waals surface area contributed by atoms with Crippen molar-refractivity contribution in [2.24, 2.45) is 0 Å². The number of nitrogen functional groups attached to an aromatic ring is 1. The molecule has 0 amide bonds. The molecule has 2 heterocycles. The van der Waals surface area contributed by atoms with Gasteiger partial charge in [-0.3, -0.25) is 0 Å².